The smallest absolute Gasteiger partial charge is 0.239 e. The number of carbonyl (C=O) groups excluding carboxylic acids is 1. The fourth-order valence-electron chi connectivity index (χ4n) is 0.747. The molecule has 0 spiro atoms. The Hall–Kier alpha value is -0.610. The van der Waals surface area contributed by atoms with Crippen molar-refractivity contribution in [3.05, 3.63) is 0 Å². The van der Waals surface area contributed by atoms with E-state index in [-0.39, 0.29) is 5.91 Å². The van der Waals surface area contributed by atoms with E-state index in [9.17, 15) is 4.79 Å². The minimum atomic E-state index is -0.662. The number of aliphatic hydroxyl groups is 1. The van der Waals surface area contributed by atoms with E-state index in [1.54, 1.807) is 14.0 Å². The van der Waals surface area contributed by atoms with E-state index >= 15 is 0 Å². The molecule has 3 N–H and O–H groups in total. The van der Waals surface area contributed by atoms with Gasteiger partial charge < -0.3 is 15.7 Å². The maximum atomic E-state index is 10.9. The molecule has 4 nitrogen and oxygen atoms in total. The zero-order valence-electron chi connectivity index (χ0n) is 6.51. The summed E-state index contributed by atoms with van der Waals surface area (Å²) >= 11 is 0. The summed E-state index contributed by atoms with van der Waals surface area (Å²) in [4.78, 5) is 10.9. The first-order valence-electron chi connectivity index (χ1n) is 3.20. The van der Waals surface area contributed by atoms with Crippen LogP contribution in [0.3, 0.4) is 0 Å². The fraction of sp³-hybridized carbons (Fsp3) is 0.833. The Morgan fingerprint density at radius 2 is 2.00 bits per heavy atom. The van der Waals surface area contributed by atoms with E-state index in [4.69, 9.17) is 5.11 Å². The van der Waals surface area contributed by atoms with Gasteiger partial charge in [0.15, 0.2) is 0 Å². The second-order valence-electron chi connectivity index (χ2n) is 2.12. The summed E-state index contributed by atoms with van der Waals surface area (Å²) in [6.07, 6.45) is -0.662. The summed E-state index contributed by atoms with van der Waals surface area (Å²) in [5, 5.41) is 14.1. The van der Waals surface area contributed by atoms with Gasteiger partial charge in [-0.05, 0) is 14.0 Å². The first-order valence-corrected chi connectivity index (χ1v) is 3.20. The van der Waals surface area contributed by atoms with Gasteiger partial charge >= 0.3 is 0 Å². The van der Waals surface area contributed by atoms with Crippen molar-refractivity contribution < 1.29 is 9.90 Å². The SMILES string of the molecule is CNC(=O)[C@@H](NC)[C@@H](C)O. The van der Waals surface area contributed by atoms with Gasteiger partial charge in [0.2, 0.25) is 5.91 Å². The molecule has 0 aromatic rings. The average molecular weight is 146 g/mol. The van der Waals surface area contributed by atoms with Gasteiger partial charge in [-0.15, -0.1) is 0 Å². The minimum absolute atomic E-state index is 0.197. The summed E-state index contributed by atoms with van der Waals surface area (Å²) in [5.41, 5.74) is 0. The highest BCUT2D eigenvalue weighted by molar-refractivity contribution is 5.81. The van der Waals surface area contributed by atoms with Crippen molar-refractivity contribution in [3.63, 3.8) is 0 Å². The van der Waals surface area contributed by atoms with E-state index in [0.717, 1.165) is 0 Å². The molecule has 0 radical (unpaired) electrons. The molecule has 0 heterocycles. The first-order chi connectivity index (χ1) is 4.63. The third kappa shape index (κ3) is 2.33. The van der Waals surface area contributed by atoms with Gasteiger partial charge in [-0.1, -0.05) is 0 Å². The summed E-state index contributed by atoms with van der Waals surface area (Å²) in [6.45, 7) is 1.57. The third-order valence-electron chi connectivity index (χ3n) is 1.32. The Morgan fingerprint density at radius 1 is 1.50 bits per heavy atom. The number of rotatable bonds is 3. The standard InChI is InChI=1S/C6H14N2O2/c1-4(9)5(7-2)6(10)8-3/h4-5,7,9H,1-3H3,(H,8,10)/t4-,5+/m1/s1. The number of hydrogen-bond acceptors (Lipinski definition) is 3. The average Bonchev–Trinajstić information content (AvgIpc) is 1.88. The third-order valence-corrected chi connectivity index (χ3v) is 1.32. The highest BCUT2D eigenvalue weighted by atomic mass is 16.3. The van der Waals surface area contributed by atoms with E-state index in [0.29, 0.717) is 0 Å². The summed E-state index contributed by atoms with van der Waals surface area (Å²) in [5.74, 6) is -0.197. The molecule has 4 heteroatoms. The zero-order chi connectivity index (χ0) is 8.15. The number of amides is 1. The molecule has 2 atom stereocenters. The Labute approximate surface area is 60.6 Å². The second-order valence-corrected chi connectivity index (χ2v) is 2.12. The Morgan fingerprint density at radius 3 is 2.10 bits per heavy atom. The quantitative estimate of drug-likeness (QED) is 0.464. The predicted molar refractivity (Wildman–Crippen MR) is 38.6 cm³/mol. The fourth-order valence-corrected chi connectivity index (χ4v) is 0.747. The topological polar surface area (TPSA) is 61.4 Å². The van der Waals surface area contributed by atoms with Crippen LogP contribution >= 0.6 is 0 Å². The lowest BCUT2D eigenvalue weighted by atomic mass is 10.2. The molecular weight excluding hydrogens is 132 g/mol. The van der Waals surface area contributed by atoms with E-state index in [2.05, 4.69) is 10.6 Å². The second kappa shape index (κ2) is 4.24. The van der Waals surface area contributed by atoms with Gasteiger partial charge in [0, 0.05) is 7.05 Å². The van der Waals surface area contributed by atoms with Gasteiger partial charge in [0.25, 0.3) is 0 Å². The molecule has 60 valence electrons. The van der Waals surface area contributed by atoms with Gasteiger partial charge in [0.05, 0.1) is 6.10 Å². The molecule has 10 heavy (non-hydrogen) atoms. The van der Waals surface area contributed by atoms with Crippen LogP contribution in [0.2, 0.25) is 0 Å². The van der Waals surface area contributed by atoms with Crippen molar-refractivity contribution >= 4 is 5.91 Å². The van der Waals surface area contributed by atoms with Crippen LogP contribution in [0.25, 0.3) is 0 Å². The Kier molecular flexibility index (Phi) is 3.99. The summed E-state index contributed by atoms with van der Waals surface area (Å²) < 4.78 is 0. The molecule has 0 aliphatic rings. The zero-order valence-corrected chi connectivity index (χ0v) is 6.51. The lowest BCUT2D eigenvalue weighted by molar-refractivity contribution is -0.124. The minimum Gasteiger partial charge on any atom is -0.391 e. The van der Waals surface area contributed by atoms with Crippen LogP contribution in [-0.4, -0.2) is 37.3 Å². The molecule has 0 fully saturated rings. The molecule has 0 rings (SSSR count). The molecule has 0 aliphatic carbocycles. The molecule has 0 aromatic heterocycles. The lowest BCUT2D eigenvalue weighted by Crippen LogP contribution is -2.47. The van der Waals surface area contributed by atoms with Crippen LogP contribution in [-0.2, 0) is 4.79 Å². The number of likely N-dealkylation sites (N-methyl/N-ethyl adjacent to an activating group) is 2. The molecule has 0 bridgehead atoms. The summed E-state index contributed by atoms with van der Waals surface area (Å²) in [6, 6.07) is -0.509. The molecular formula is C6H14N2O2. The van der Waals surface area contributed by atoms with Gasteiger partial charge in [0.1, 0.15) is 6.04 Å². The molecule has 0 aromatic carbocycles. The maximum absolute atomic E-state index is 10.9. The van der Waals surface area contributed by atoms with Crippen molar-refractivity contribution in [1.82, 2.24) is 10.6 Å². The Balaban J connectivity index is 3.93. The van der Waals surface area contributed by atoms with Crippen molar-refractivity contribution in [3.8, 4) is 0 Å². The van der Waals surface area contributed by atoms with Gasteiger partial charge in [-0.25, -0.2) is 0 Å². The number of nitrogens with one attached hydrogen (secondary N) is 2. The number of aliphatic hydroxyl groups excluding tert-OH is 1. The van der Waals surface area contributed by atoms with E-state index in [1.165, 1.54) is 7.05 Å². The predicted octanol–water partition coefficient (Wildman–Crippen LogP) is -1.30. The lowest BCUT2D eigenvalue weighted by Gasteiger charge is -2.16. The molecule has 0 saturated heterocycles. The Bertz CT molecular complexity index is 114. The van der Waals surface area contributed by atoms with Crippen LogP contribution in [0.5, 0.6) is 0 Å². The summed E-state index contributed by atoms with van der Waals surface area (Å²) in [7, 11) is 3.17. The van der Waals surface area contributed by atoms with Crippen LogP contribution < -0.4 is 10.6 Å². The van der Waals surface area contributed by atoms with Crippen LogP contribution in [0, 0.1) is 0 Å². The first kappa shape index (κ1) is 9.39. The maximum Gasteiger partial charge on any atom is 0.239 e. The van der Waals surface area contributed by atoms with Crippen LogP contribution in [0.4, 0.5) is 0 Å². The highest BCUT2D eigenvalue weighted by Gasteiger charge is 2.19. The largest absolute Gasteiger partial charge is 0.391 e. The molecule has 1 amide bonds. The van der Waals surface area contributed by atoms with E-state index < -0.39 is 12.1 Å². The molecule has 0 unspecified atom stereocenters. The van der Waals surface area contributed by atoms with Gasteiger partial charge in [-0.2, -0.15) is 0 Å². The molecule has 0 saturated carbocycles. The van der Waals surface area contributed by atoms with Crippen molar-refractivity contribution in [2.75, 3.05) is 14.1 Å². The van der Waals surface area contributed by atoms with Crippen molar-refractivity contribution in [2.24, 2.45) is 0 Å². The highest BCUT2D eigenvalue weighted by Crippen LogP contribution is 1.90. The number of carbonyl (C=O) groups is 1. The molecule has 0 aliphatic heterocycles. The van der Waals surface area contributed by atoms with Crippen molar-refractivity contribution in [2.45, 2.75) is 19.1 Å². The monoisotopic (exact) mass is 146 g/mol. The van der Waals surface area contributed by atoms with Crippen LogP contribution in [0.15, 0.2) is 0 Å². The van der Waals surface area contributed by atoms with E-state index in [1.807, 2.05) is 0 Å². The van der Waals surface area contributed by atoms with Gasteiger partial charge in [-0.3, -0.25) is 4.79 Å². The van der Waals surface area contributed by atoms with Crippen molar-refractivity contribution in [1.29, 1.82) is 0 Å². The van der Waals surface area contributed by atoms with Crippen LogP contribution in [0.1, 0.15) is 6.92 Å². The number of hydrogen-bond donors (Lipinski definition) is 3. The normalized spacial score (nSPS) is 16.0.